The topological polar surface area (TPSA) is 66.4 Å². The molecule has 0 saturated carbocycles. The van der Waals surface area contributed by atoms with E-state index < -0.39 is 0 Å². The van der Waals surface area contributed by atoms with E-state index >= 15 is 0 Å². The van der Waals surface area contributed by atoms with Gasteiger partial charge in [-0.3, -0.25) is 14.5 Å². The molecule has 0 aliphatic carbocycles. The zero-order valence-electron chi connectivity index (χ0n) is 16.8. The van der Waals surface area contributed by atoms with Crippen LogP contribution in [0.3, 0.4) is 0 Å². The van der Waals surface area contributed by atoms with Crippen LogP contribution in [0.1, 0.15) is 54.7 Å². The molecule has 0 bridgehead atoms. The van der Waals surface area contributed by atoms with E-state index in [4.69, 9.17) is 9.97 Å². The maximum atomic E-state index is 14.2. The first kappa shape index (κ1) is 19.5. The summed E-state index contributed by atoms with van der Waals surface area (Å²) in [4.78, 5) is 37.4. The Balaban J connectivity index is 1.69. The molecule has 152 valence electrons. The number of benzene rings is 1. The maximum absolute atomic E-state index is 14.2. The number of nitrogens with zero attached hydrogens (tertiary/aromatic N) is 4. The van der Waals surface area contributed by atoms with E-state index in [0.717, 1.165) is 30.6 Å². The molecule has 4 rings (SSSR count). The smallest absolute Gasteiger partial charge is 0.228 e. The molecule has 3 heterocycles. The van der Waals surface area contributed by atoms with Crippen molar-refractivity contribution in [3.05, 3.63) is 52.7 Å². The minimum Gasteiger partial charge on any atom is -0.342 e. The van der Waals surface area contributed by atoms with Crippen LogP contribution in [0.25, 0.3) is 0 Å². The molecule has 2 amide bonds. The lowest BCUT2D eigenvalue weighted by atomic mass is 9.96. The van der Waals surface area contributed by atoms with Gasteiger partial charge >= 0.3 is 0 Å². The number of piperidine rings is 1. The molecule has 2 aliphatic rings. The van der Waals surface area contributed by atoms with Gasteiger partial charge in [0.1, 0.15) is 17.5 Å². The number of carbonyl (C=O) groups is 2. The number of hydrogen-bond donors (Lipinski definition) is 0. The van der Waals surface area contributed by atoms with Gasteiger partial charge in [0.2, 0.25) is 11.8 Å². The molecule has 1 aromatic heterocycles. The van der Waals surface area contributed by atoms with Gasteiger partial charge in [0.25, 0.3) is 0 Å². The molecule has 1 saturated heterocycles. The molecular weight excluding hydrogens is 371 g/mol. The first-order valence-corrected chi connectivity index (χ1v) is 10.1. The third-order valence-corrected chi connectivity index (χ3v) is 5.87. The van der Waals surface area contributed by atoms with Crippen LogP contribution in [0.2, 0.25) is 0 Å². The van der Waals surface area contributed by atoms with Gasteiger partial charge in [0.05, 0.1) is 6.54 Å². The van der Waals surface area contributed by atoms with Crippen LogP contribution in [-0.2, 0) is 22.6 Å². The first-order valence-electron chi connectivity index (χ1n) is 10.1. The fourth-order valence-corrected chi connectivity index (χ4v) is 4.22. The number of amides is 2. The van der Waals surface area contributed by atoms with Gasteiger partial charge in [-0.25, -0.2) is 14.4 Å². The van der Waals surface area contributed by atoms with Crippen LogP contribution in [0.4, 0.5) is 10.2 Å². The number of aromatic nitrogens is 2. The molecular formula is C22H25FN4O2. The molecule has 0 unspecified atom stereocenters. The molecule has 6 nitrogen and oxygen atoms in total. The lowest BCUT2D eigenvalue weighted by Gasteiger charge is -2.33. The van der Waals surface area contributed by atoms with Gasteiger partial charge in [0.15, 0.2) is 0 Å². The molecule has 0 spiro atoms. The quantitative estimate of drug-likeness (QED) is 0.800. The molecule has 29 heavy (non-hydrogen) atoms. The number of aryl methyl sites for hydroxylation is 1. The van der Waals surface area contributed by atoms with Crippen molar-refractivity contribution in [1.29, 1.82) is 0 Å². The van der Waals surface area contributed by atoms with Crippen molar-refractivity contribution in [2.75, 3.05) is 18.0 Å². The standard InChI is InChI=1S/C22H25FN4O2/c1-14-18-9-10-20(29)27(13-16-6-3-4-8-19(16)23)22(18)25-21(24-14)17-7-5-11-26(12-17)15(2)28/h3-4,6,8,17H,5,7,9-13H2,1-2H3/t17-/m1/s1. The molecule has 2 aliphatic heterocycles. The second kappa shape index (κ2) is 7.89. The van der Waals surface area contributed by atoms with E-state index in [1.807, 2.05) is 11.8 Å². The second-order valence-electron chi connectivity index (χ2n) is 7.84. The highest BCUT2D eigenvalue weighted by Crippen LogP contribution is 2.33. The number of rotatable bonds is 3. The van der Waals surface area contributed by atoms with Crippen molar-refractivity contribution in [2.45, 2.75) is 52.0 Å². The summed E-state index contributed by atoms with van der Waals surface area (Å²) in [5.74, 6) is 0.971. The van der Waals surface area contributed by atoms with E-state index in [2.05, 4.69) is 0 Å². The predicted molar refractivity (Wildman–Crippen MR) is 107 cm³/mol. The molecule has 0 N–H and O–H groups in total. The third kappa shape index (κ3) is 3.86. The third-order valence-electron chi connectivity index (χ3n) is 5.87. The van der Waals surface area contributed by atoms with Crippen LogP contribution in [0.15, 0.2) is 24.3 Å². The Labute approximate surface area is 169 Å². The number of halogens is 1. The van der Waals surface area contributed by atoms with E-state index in [9.17, 15) is 14.0 Å². The van der Waals surface area contributed by atoms with Crippen molar-refractivity contribution in [3.63, 3.8) is 0 Å². The Morgan fingerprint density at radius 2 is 2.03 bits per heavy atom. The fraction of sp³-hybridized carbons (Fsp3) is 0.455. The van der Waals surface area contributed by atoms with E-state index in [1.165, 1.54) is 6.07 Å². The Hall–Kier alpha value is -2.83. The normalized spacial score (nSPS) is 19.3. The molecule has 7 heteroatoms. The van der Waals surface area contributed by atoms with Crippen molar-refractivity contribution in [1.82, 2.24) is 14.9 Å². The summed E-state index contributed by atoms with van der Waals surface area (Å²) in [6, 6.07) is 6.50. The maximum Gasteiger partial charge on any atom is 0.228 e. The van der Waals surface area contributed by atoms with Crippen molar-refractivity contribution in [3.8, 4) is 0 Å². The molecule has 2 aromatic rings. The average Bonchev–Trinajstić information content (AvgIpc) is 2.71. The Kier molecular flexibility index (Phi) is 5.30. The Bertz CT molecular complexity index is 962. The van der Waals surface area contributed by atoms with Gasteiger partial charge in [-0.2, -0.15) is 0 Å². The van der Waals surface area contributed by atoms with Crippen LogP contribution < -0.4 is 4.90 Å². The largest absolute Gasteiger partial charge is 0.342 e. The highest BCUT2D eigenvalue weighted by atomic mass is 19.1. The summed E-state index contributed by atoms with van der Waals surface area (Å²) in [7, 11) is 0. The highest BCUT2D eigenvalue weighted by molar-refractivity contribution is 5.95. The summed E-state index contributed by atoms with van der Waals surface area (Å²) < 4.78 is 14.2. The number of likely N-dealkylation sites (tertiary alicyclic amines) is 1. The summed E-state index contributed by atoms with van der Waals surface area (Å²) >= 11 is 0. The zero-order chi connectivity index (χ0) is 20.5. The lowest BCUT2D eigenvalue weighted by Crippen LogP contribution is -2.39. The number of fused-ring (bicyclic) bond motifs is 1. The van der Waals surface area contributed by atoms with Gasteiger partial charge in [-0.1, -0.05) is 18.2 Å². The van der Waals surface area contributed by atoms with Gasteiger partial charge in [0, 0.05) is 49.2 Å². The molecule has 1 aromatic carbocycles. The predicted octanol–water partition coefficient (Wildman–Crippen LogP) is 3.13. The second-order valence-corrected chi connectivity index (χ2v) is 7.84. The zero-order valence-corrected chi connectivity index (χ0v) is 16.8. The van der Waals surface area contributed by atoms with Crippen molar-refractivity contribution >= 4 is 17.6 Å². The summed E-state index contributed by atoms with van der Waals surface area (Å²) in [6.07, 6.45) is 2.77. The van der Waals surface area contributed by atoms with E-state index in [1.54, 1.807) is 30.0 Å². The summed E-state index contributed by atoms with van der Waals surface area (Å²) in [6.45, 7) is 5.02. The Morgan fingerprint density at radius 3 is 2.79 bits per heavy atom. The van der Waals surface area contributed by atoms with E-state index in [-0.39, 0.29) is 30.1 Å². The number of hydrogen-bond acceptors (Lipinski definition) is 4. The van der Waals surface area contributed by atoms with Crippen molar-refractivity contribution in [2.24, 2.45) is 0 Å². The van der Waals surface area contributed by atoms with Crippen LogP contribution in [-0.4, -0.2) is 39.8 Å². The van der Waals surface area contributed by atoms with E-state index in [0.29, 0.717) is 36.6 Å². The molecule has 0 radical (unpaired) electrons. The average molecular weight is 396 g/mol. The summed E-state index contributed by atoms with van der Waals surface area (Å²) in [5.41, 5.74) is 2.27. The Morgan fingerprint density at radius 1 is 1.24 bits per heavy atom. The van der Waals surface area contributed by atoms with Crippen LogP contribution in [0, 0.1) is 12.7 Å². The van der Waals surface area contributed by atoms with Gasteiger partial charge in [-0.15, -0.1) is 0 Å². The molecule has 1 fully saturated rings. The highest BCUT2D eigenvalue weighted by Gasteiger charge is 2.31. The fourth-order valence-electron chi connectivity index (χ4n) is 4.22. The number of carbonyl (C=O) groups excluding carboxylic acids is 2. The van der Waals surface area contributed by atoms with Crippen LogP contribution >= 0.6 is 0 Å². The monoisotopic (exact) mass is 396 g/mol. The first-order chi connectivity index (χ1) is 13.9. The van der Waals surface area contributed by atoms with Crippen LogP contribution in [0.5, 0.6) is 0 Å². The summed E-state index contributed by atoms with van der Waals surface area (Å²) in [5, 5.41) is 0. The molecule has 1 atom stereocenters. The minimum atomic E-state index is -0.331. The lowest BCUT2D eigenvalue weighted by molar-refractivity contribution is -0.130. The number of anilines is 1. The SMILES string of the molecule is CC(=O)N1CCC[C@@H](c2nc(C)c3c(n2)N(Cc2ccccc2F)C(=O)CC3)C1. The minimum absolute atomic E-state index is 0.0454. The van der Waals surface area contributed by atoms with Gasteiger partial charge < -0.3 is 4.90 Å². The van der Waals surface area contributed by atoms with Crippen molar-refractivity contribution < 1.29 is 14.0 Å². The van der Waals surface area contributed by atoms with Gasteiger partial charge in [-0.05, 0) is 32.3 Å².